The number of rotatable bonds is 2. The highest BCUT2D eigenvalue weighted by molar-refractivity contribution is 7.18. The van der Waals surface area contributed by atoms with E-state index in [1.165, 1.54) is 0 Å². The summed E-state index contributed by atoms with van der Waals surface area (Å²) < 4.78 is 5.95. The maximum atomic E-state index is 11.5. The second-order valence-corrected chi connectivity index (χ2v) is 4.37. The van der Waals surface area contributed by atoms with E-state index < -0.39 is 0 Å². The molecule has 0 saturated heterocycles. The van der Waals surface area contributed by atoms with E-state index in [0.29, 0.717) is 12.2 Å². The predicted molar refractivity (Wildman–Crippen MR) is 60.3 cm³/mol. The standard InChI is InChI=1S/C11H11NO2S/c1-3-14-11(13)8-4-5-9-10(6-8)15-7(2)12-9/h4-6H,3H2,1-2H3. The third kappa shape index (κ3) is 1.99. The molecule has 1 heterocycles. The Labute approximate surface area is 91.7 Å². The summed E-state index contributed by atoms with van der Waals surface area (Å²) in [7, 11) is 0. The van der Waals surface area contributed by atoms with Gasteiger partial charge in [0.1, 0.15) is 0 Å². The monoisotopic (exact) mass is 221 g/mol. The molecular weight excluding hydrogens is 210 g/mol. The minimum atomic E-state index is -0.273. The highest BCUT2D eigenvalue weighted by Crippen LogP contribution is 2.22. The molecule has 15 heavy (non-hydrogen) atoms. The quantitative estimate of drug-likeness (QED) is 0.732. The van der Waals surface area contributed by atoms with Crippen molar-refractivity contribution in [1.29, 1.82) is 0 Å². The molecule has 78 valence electrons. The molecular formula is C11H11NO2S. The summed E-state index contributed by atoms with van der Waals surface area (Å²) in [6.07, 6.45) is 0. The molecule has 0 bridgehead atoms. The molecule has 1 aromatic heterocycles. The molecule has 0 N–H and O–H groups in total. The average Bonchev–Trinajstić information content (AvgIpc) is 2.57. The lowest BCUT2D eigenvalue weighted by Crippen LogP contribution is -2.03. The third-order valence-corrected chi connectivity index (χ3v) is 2.94. The van der Waals surface area contributed by atoms with Crippen molar-refractivity contribution < 1.29 is 9.53 Å². The Morgan fingerprint density at radius 3 is 3.07 bits per heavy atom. The van der Waals surface area contributed by atoms with Crippen LogP contribution < -0.4 is 0 Å². The Kier molecular flexibility index (Phi) is 2.68. The minimum Gasteiger partial charge on any atom is -0.462 e. The topological polar surface area (TPSA) is 39.2 Å². The fraction of sp³-hybridized carbons (Fsp3) is 0.273. The molecule has 0 amide bonds. The molecule has 0 spiro atoms. The van der Waals surface area contributed by atoms with Gasteiger partial charge in [0.15, 0.2) is 0 Å². The Hall–Kier alpha value is -1.42. The van der Waals surface area contributed by atoms with E-state index in [1.807, 2.05) is 19.1 Å². The number of hydrogen-bond acceptors (Lipinski definition) is 4. The molecule has 0 fully saturated rings. The third-order valence-electron chi connectivity index (χ3n) is 2.01. The van der Waals surface area contributed by atoms with Crippen LogP contribution in [0.1, 0.15) is 22.3 Å². The number of thiazole rings is 1. The molecule has 1 aromatic carbocycles. The zero-order chi connectivity index (χ0) is 10.8. The van der Waals surface area contributed by atoms with E-state index in [1.54, 1.807) is 24.3 Å². The summed E-state index contributed by atoms with van der Waals surface area (Å²) in [6, 6.07) is 5.43. The summed E-state index contributed by atoms with van der Waals surface area (Å²) >= 11 is 1.58. The van der Waals surface area contributed by atoms with Gasteiger partial charge in [-0.25, -0.2) is 9.78 Å². The van der Waals surface area contributed by atoms with Crippen molar-refractivity contribution in [2.24, 2.45) is 0 Å². The maximum absolute atomic E-state index is 11.5. The van der Waals surface area contributed by atoms with E-state index in [4.69, 9.17) is 4.74 Å². The largest absolute Gasteiger partial charge is 0.462 e. The fourth-order valence-electron chi connectivity index (χ4n) is 1.38. The van der Waals surface area contributed by atoms with Crippen molar-refractivity contribution in [2.45, 2.75) is 13.8 Å². The average molecular weight is 221 g/mol. The summed E-state index contributed by atoms with van der Waals surface area (Å²) in [6.45, 7) is 4.15. The first-order chi connectivity index (χ1) is 7.20. The number of ether oxygens (including phenoxy) is 1. The van der Waals surface area contributed by atoms with Gasteiger partial charge < -0.3 is 4.74 Å². The van der Waals surface area contributed by atoms with Gasteiger partial charge in [-0.15, -0.1) is 11.3 Å². The second-order valence-electron chi connectivity index (χ2n) is 3.14. The van der Waals surface area contributed by atoms with Crippen molar-refractivity contribution in [1.82, 2.24) is 4.98 Å². The molecule has 0 aliphatic heterocycles. The molecule has 0 saturated carbocycles. The molecule has 3 nitrogen and oxygen atoms in total. The highest BCUT2D eigenvalue weighted by atomic mass is 32.1. The molecule has 0 unspecified atom stereocenters. The number of benzene rings is 1. The number of nitrogens with zero attached hydrogens (tertiary/aromatic N) is 1. The van der Waals surface area contributed by atoms with E-state index in [0.717, 1.165) is 15.2 Å². The van der Waals surface area contributed by atoms with E-state index in [2.05, 4.69) is 4.98 Å². The summed E-state index contributed by atoms with van der Waals surface area (Å²) in [5.74, 6) is -0.273. The van der Waals surface area contributed by atoms with Gasteiger partial charge in [0.05, 0.1) is 27.4 Å². The van der Waals surface area contributed by atoms with Crippen LogP contribution in [0.5, 0.6) is 0 Å². The maximum Gasteiger partial charge on any atom is 0.338 e. The first kappa shape index (κ1) is 10.1. The second kappa shape index (κ2) is 3.98. The van der Waals surface area contributed by atoms with Gasteiger partial charge in [-0.2, -0.15) is 0 Å². The zero-order valence-electron chi connectivity index (χ0n) is 8.61. The lowest BCUT2D eigenvalue weighted by atomic mass is 10.2. The van der Waals surface area contributed by atoms with Crippen LogP contribution in [-0.4, -0.2) is 17.6 Å². The van der Waals surface area contributed by atoms with Crippen molar-refractivity contribution in [3.63, 3.8) is 0 Å². The Morgan fingerprint density at radius 2 is 2.33 bits per heavy atom. The van der Waals surface area contributed by atoms with Crippen LogP contribution in [0.3, 0.4) is 0 Å². The highest BCUT2D eigenvalue weighted by Gasteiger charge is 2.08. The van der Waals surface area contributed by atoms with Gasteiger partial charge in [-0.05, 0) is 32.0 Å². The molecule has 2 rings (SSSR count). The van der Waals surface area contributed by atoms with Crippen LogP contribution in [0.25, 0.3) is 10.2 Å². The number of aryl methyl sites for hydroxylation is 1. The minimum absolute atomic E-state index is 0.273. The van der Waals surface area contributed by atoms with Crippen LogP contribution in [0, 0.1) is 6.92 Å². The summed E-state index contributed by atoms with van der Waals surface area (Å²) in [4.78, 5) is 15.8. The van der Waals surface area contributed by atoms with Crippen LogP contribution >= 0.6 is 11.3 Å². The Balaban J connectivity index is 2.41. The molecule has 0 radical (unpaired) electrons. The first-order valence-electron chi connectivity index (χ1n) is 4.75. The number of aromatic nitrogens is 1. The summed E-state index contributed by atoms with van der Waals surface area (Å²) in [5.41, 5.74) is 1.53. The Morgan fingerprint density at radius 1 is 1.53 bits per heavy atom. The van der Waals surface area contributed by atoms with Gasteiger partial charge >= 0.3 is 5.97 Å². The molecule has 0 aliphatic rings. The van der Waals surface area contributed by atoms with Crippen LogP contribution in [-0.2, 0) is 4.74 Å². The van der Waals surface area contributed by atoms with Crippen LogP contribution in [0.2, 0.25) is 0 Å². The number of carbonyl (C=O) groups excluding carboxylic acids is 1. The summed E-state index contributed by atoms with van der Waals surface area (Å²) in [5, 5.41) is 1.01. The van der Waals surface area contributed by atoms with Gasteiger partial charge in [0.25, 0.3) is 0 Å². The number of carbonyl (C=O) groups is 1. The number of esters is 1. The molecule has 0 aliphatic carbocycles. The molecule has 4 heteroatoms. The van der Waals surface area contributed by atoms with Crippen LogP contribution in [0.15, 0.2) is 18.2 Å². The van der Waals surface area contributed by atoms with Crippen LogP contribution in [0.4, 0.5) is 0 Å². The zero-order valence-corrected chi connectivity index (χ0v) is 9.43. The smallest absolute Gasteiger partial charge is 0.338 e. The fourth-order valence-corrected chi connectivity index (χ4v) is 2.25. The van der Waals surface area contributed by atoms with Gasteiger partial charge in [0, 0.05) is 0 Å². The van der Waals surface area contributed by atoms with Crippen molar-refractivity contribution in [2.75, 3.05) is 6.61 Å². The lowest BCUT2D eigenvalue weighted by Gasteiger charge is -2.00. The molecule has 2 aromatic rings. The number of hydrogen-bond donors (Lipinski definition) is 0. The van der Waals surface area contributed by atoms with E-state index >= 15 is 0 Å². The molecule has 0 atom stereocenters. The van der Waals surface area contributed by atoms with Crippen molar-refractivity contribution >= 4 is 27.5 Å². The van der Waals surface area contributed by atoms with E-state index in [9.17, 15) is 4.79 Å². The SMILES string of the molecule is CCOC(=O)c1ccc2nc(C)sc2c1. The van der Waals surface area contributed by atoms with E-state index in [-0.39, 0.29) is 5.97 Å². The number of fused-ring (bicyclic) bond motifs is 1. The van der Waals surface area contributed by atoms with Gasteiger partial charge in [-0.1, -0.05) is 0 Å². The van der Waals surface area contributed by atoms with Gasteiger partial charge in [-0.3, -0.25) is 0 Å². The normalized spacial score (nSPS) is 10.5. The van der Waals surface area contributed by atoms with Crippen molar-refractivity contribution in [3.8, 4) is 0 Å². The van der Waals surface area contributed by atoms with Gasteiger partial charge in [0.2, 0.25) is 0 Å². The first-order valence-corrected chi connectivity index (χ1v) is 5.56. The predicted octanol–water partition coefficient (Wildman–Crippen LogP) is 2.78. The van der Waals surface area contributed by atoms with Crippen molar-refractivity contribution in [3.05, 3.63) is 28.8 Å². The Bertz CT molecular complexity index is 504. The lowest BCUT2D eigenvalue weighted by molar-refractivity contribution is 0.0526.